The maximum atomic E-state index is 13.8. The molecule has 1 aromatic carbocycles. The Balaban J connectivity index is 2.22. The summed E-state index contributed by atoms with van der Waals surface area (Å²) in [4.78, 5) is 13.2. The predicted octanol–water partition coefficient (Wildman–Crippen LogP) is 1.25. The number of ether oxygens (including phenoxy) is 1. The van der Waals surface area contributed by atoms with Crippen molar-refractivity contribution in [3.8, 4) is 5.75 Å². The number of rotatable bonds is 4. The van der Waals surface area contributed by atoms with Crippen LogP contribution >= 0.6 is 0 Å². The van der Waals surface area contributed by atoms with Crippen LogP contribution in [0.4, 0.5) is 4.39 Å². The van der Waals surface area contributed by atoms with Crippen molar-refractivity contribution in [2.75, 3.05) is 26.7 Å². The van der Waals surface area contributed by atoms with E-state index in [-0.39, 0.29) is 11.8 Å². The fourth-order valence-corrected chi connectivity index (χ4v) is 2.55. The first-order chi connectivity index (χ1) is 9.54. The summed E-state index contributed by atoms with van der Waals surface area (Å²) in [6.45, 7) is 3.64. The number of halogens is 1. The van der Waals surface area contributed by atoms with Crippen molar-refractivity contribution in [3.05, 3.63) is 29.6 Å². The first kappa shape index (κ1) is 14.7. The van der Waals surface area contributed by atoms with Gasteiger partial charge in [0.25, 0.3) is 0 Å². The minimum Gasteiger partial charge on any atom is -0.494 e. The normalized spacial score (nSPS) is 21.4. The topological polar surface area (TPSA) is 61.8 Å². The highest BCUT2D eigenvalue weighted by atomic mass is 19.1. The third kappa shape index (κ3) is 2.91. The number of hydrogen-bond acceptors (Lipinski definition) is 4. The third-order valence-electron chi connectivity index (χ3n) is 3.73. The van der Waals surface area contributed by atoms with E-state index in [0.717, 1.165) is 12.1 Å². The maximum Gasteiger partial charge on any atom is 0.322 e. The Labute approximate surface area is 117 Å². The molecule has 110 valence electrons. The molecule has 1 aromatic rings. The van der Waals surface area contributed by atoms with E-state index in [1.54, 1.807) is 12.1 Å². The van der Waals surface area contributed by atoms with Crippen LogP contribution in [0.1, 0.15) is 18.5 Å². The van der Waals surface area contributed by atoms with E-state index in [2.05, 4.69) is 5.32 Å². The second kappa shape index (κ2) is 6.19. The zero-order chi connectivity index (χ0) is 14.7. The standard InChI is InChI=1S/C14H19FN2O3/c1-9(10-3-4-13(20-2)11(15)7-10)17-6-5-16-8-12(17)14(18)19/h3-4,7,9,12,16H,5-6,8H2,1-2H3,(H,18,19). The quantitative estimate of drug-likeness (QED) is 0.870. The van der Waals surface area contributed by atoms with Gasteiger partial charge in [0.1, 0.15) is 6.04 Å². The summed E-state index contributed by atoms with van der Waals surface area (Å²) in [7, 11) is 1.41. The highest BCUT2D eigenvalue weighted by molar-refractivity contribution is 5.74. The van der Waals surface area contributed by atoms with Crippen LogP contribution in [0.2, 0.25) is 0 Å². The van der Waals surface area contributed by atoms with Crippen LogP contribution in [0.3, 0.4) is 0 Å². The lowest BCUT2D eigenvalue weighted by Crippen LogP contribution is -2.55. The molecule has 6 heteroatoms. The largest absolute Gasteiger partial charge is 0.494 e. The minimum atomic E-state index is -0.863. The molecule has 0 aromatic heterocycles. The Kier molecular flexibility index (Phi) is 4.57. The Bertz CT molecular complexity index is 495. The number of methoxy groups -OCH3 is 1. The van der Waals surface area contributed by atoms with Crippen LogP contribution in [0.25, 0.3) is 0 Å². The molecule has 2 rings (SSSR count). The molecule has 5 nitrogen and oxygen atoms in total. The number of aliphatic carboxylic acids is 1. The first-order valence-corrected chi connectivity index (χ1v) is 6.57. The lowest BCUT2D eigenvalue weighted by molar-refractivity contribution is -0.145. The summed E-state index contributed by atoms with van der Waals surface area (Å²) in [6, 6.07) is 3.99. The van der Waals surface area contributed by atoms with Crippen LogP contribution in [-0.4, -0.2) is 48.8 Å². The second-order valence-electron chi connectivity index (χ2n) is 4.87. The summed E-state index contributed by atoms with van der Waals surface area (Å²) in [5.41, 5.74) is 0.747. The lowest BCUT2D eigenvalue weighted by atomic mass is 10.0. The first-order valence-electron chi connectivity index (χ1n) is 6.57. The van der Waals surface area contributed by atoms with Gasteiger partial charge in [-0.05, 0) is 24.6 Å². The van der Waals surface area contributed by atoms with Gasteiger partial charge in [0, 0.05) is 25.7 Å². The smallest absolute Gasteiger partial charge is 0.322 e. The highest BCUT2D eigenvalue weighted by Gasteiger charge is 2.32. The van der Waals surface area contributed by atoms with Crippen molar-refractivity contribution >= 4 is 5.97 Å². The van der Waals surface area contributed by atoms with Gasteiger partial charge in [-0.2, -0.15) is 0 Å². The van der Waals surface area contributed by atoms with Gasteiger partial charge >= 0.3 is 5.97 Å². The average molecular weight is 282 g/mol. The van der Waals surface area contributed by atoms with Crippen molar-refractivity contribution in [3.63, 3.8) is 0 Å². The van der Waals surface area contributed by atoms with Crippen LogP contribution in [-0.2, 0) is 4.79 Å². The molecule has 0 aliphatic carbocycles. The van der Waals surface area contributed by atoms with E-state index < -0.39 is 17.8 Å². The highest BCUT2D eigenvalue weighted by Crippen LogP contribution is 2.27. The second-order valence-corrected chi connectivity index (χ2v) is 4.87. The SMILES string of the molecule is COc1ccc(C(C)N2CCNCC2C(=O)O)cc1F. The van der Waals surface area contributed by atoms with Gasteiger partial charge in [-0.15, -0.1) is 0 Å². The van der Waals surface area contributed by atoms with E-state index in [9.17, 15) is 14.3 Å². The van der Waals surface area contributed by atoms with Crippen molar-refractivity contribution < 1.29 is 19.0 Å². The number of piperazine rings is 1. The van der Waals surface area contributed by atoms with Gasteiger partial charge < -0.3 is 15.2 Å². The number of nitrogens with zero attached hydrogens (tertiary/aromatic N) is 1. The molecule has 0 amide bonds. The van der Waals surface area contributed by atoms with Crippen molar-refractivity contribution in [2.45, 2.75) is 19.0 Å². The predicted molar refractivity (Wildman–Crippen MR) is 72.4 cm³/mol. The van der Waals surface area contributed by atoms with Crippen LogP contribution in [0.5, 0.6) is 5.75 Å². The summed E-state index contributed by atoms with van der Waals surface area (Å²) in [5.74, 6) is -1.10. The monoisotopic (exact) mass is 282 g/mol. The molecule has 1 fully saturated rings. The van der Waals surface area contributed by atoms with E-state index in [1.165, 1.54) is 13.2 Å². The molecule has 0 saturated carbocycles. The zero-order valence-electron chi connectivity index (χ0n) is 11.6. The molecule has 20 heavy (non-hydrogen) atoms. The van der Waals surface area contributed by atoms with Gasteiger partial charge in [0.2, 0.25) is 0 Å². The van der Waals surface area contributed by atoms with Crippen molar-refractivity contribution in [2.24, 2.45) is 0 Å². The molecule has 2 atom stereocenters. The number of carboxylic acids is 1. The Morgan fingerprint density at radius 3 is 2.95 bits per heavy atom. The molecule has 1 heterocycles. The third-order valence-corrected chi connectivity index (χ3v) is 3.73. The molecule has 1 saturated heterocycles. The number of benzene rings is 1. The molecular formula is C14H19FN2O3. The van der Waals surface area contributed by atoms with Gasteiger partial charge in [-0.25, -0.2) is 4.39 Å². The molecule has 0 radical (unpaired) electrons. The number of hydrogen-bond donors (Lipinski definition) is 2. The molecule has 2 N–H and O–H groups in total. The van der Waals surface area contributed by atoms with E-state index in [0.29, 0.717) is 13.1 Å². The summed E-state index contributed by atoms with van der Waals surface area (Å²) < 4.78 is 18.7. The van der Waals surface area contributed by atoms with Crippen molar-refractivity contribution in [1.82, 2.24) is 10.2 Å². The summed E-state index contributed by atoms with van der Waals surface area (Å²) in [5, 5.41) is 12.3. The van der Waals surface area contributed by atoms with E-state index >= 15 is 0 Å². The summed E-state index contributed by atoms with van der Waals surface area (Å²) in [6.07, 6.45) is 0. The van der Waals surface area contributed by atoms with Gasteiger partial charge in [-0.3, -0.25) is 9.69 Å². The number of nitrogens with one attached hydrogen (secondary N) is 1. The molecule has 1 aliphatic heterocycles. The van der Waals surface area contributed by atoms with Gasteiger partial charge in [-0.1, -0.05) is 6.07 Å². The molecule has 0 spiro atoms. The number of carboxylic acid groups (broad SMARTS) is 1. The number of carbonyl (C=O) groups is 1. The Morgan fingerprint density at radius 2 is 2.35 bits per heavy atom. The molecular weight excluding hydrogens is 263 g/mol. The fraction of sp³-hybridized carbons (Fsp3) is 0.500. The molecule has 0 bridgehead atoms. The van der Waals surface area contributed by atoms with Crippen molar-refractivity contribution in [1.29, 1.82) is 0 Å². The van der Waals surface area contributed by atoms with Crippen LogP contribution < -0.4 is 10.1 Å². The van der Waals surface area contributed by atoms with E-state index in [1.807, 2.05) is 11.8 Å². The Hall–Kier alpha value is -1.66. The maximum absolute atomic E-state index is 13.8. The lowest BCUT2D eigenvalue weighted by Gasteiger charge is -2.38. The fourth-order valence-electron chi connectivity index (χ4n) is 2.55. The molecule has 1 aliphatic rings. The van der Waals surface area contributed by atoms with E-state index in [4.69, 9.17) is 4.74 Å². The average Bonchev–Trinajstić information content (AvgIpc) is 2.46. The van der Waals surface area contributed by atoms with Crippen LogP contribution in [0.15, 0.2) is 18.2 Å². The van der Waals surface area contributed by atoms with Crippen LogP contribution in [0, 0.1) is 5.82 Å². The minimum absolute atomic E-state index is 0.168. The summed E-state index contributed by atoms with van der Waals surface area (Å²) >= 11 is 0. The zero-order valence-corrected chi connectivity index (χ0v) is 11.6. The van der Waals surface area contributed by atoms with Gasteiger partial charge in [0.15, 0.2) is 11.6 Å². The Morgan fingerprint density at radius 1 is 1.60 bits per heavy atom. The molecule has 2 unspecified atom stereocenters. The van der Waals surface area contributed by atoms with Gasteiger partial charge in [0.05, 0.1) is 7.11 Å².